The van der Waals surface area contributed by atoms with Gasteiger partial charge >= 0.3 is 6.03 Å². The second-order valence-electron chi connectivity index (χ2n) is 8.40. The first-order valence-electron chi connectivity index (χ1n) is 11.2. The molecule has 4 rings (SSSR count). The fourth-order valence-corrected chi connectivity index (χ4v) is 4.28. The van der Waals surface area contributed by atoms with Crippen molar-refractivity contribution in [3.8, 4) is 0 Å². The molecule has 6 heteroatoms. The van der Waals surface area contributed by atoms with Crippen LogP contribution in [0, 0.1) is 11.7 Å². The molecule has 1 aliphatic heterocycles. The molecule has 1 fully saturated rings. The molecule has 0 saturated carbocycles. The number of rotatable bonds is 6. The first-order valence-corrected chi connectivity index (χ1v) is 11.2. The molecule has 1 heterocycles. The fourth-order valence-electron chi connectivity index (χ4n) is 4.28. The van der Waals surface area contributed by atoms with Gasteiger partial charge in [0, 0.05) is 37.7 Å². The lowest BCUT2D eigenvalue weighted by Gasteiger charge is -2.37. The van der Waals surface area contributed by atoms with Crippen molar-refractivity contribution in [1.29, 1.82) is 0 Å². The molecule has 5 nitrogen and oxygen atoms in total. The van der Waals surface area contributed by atoms with Crippen LogP contribution in [0.4, 0.5) is 9.18 Å². The predicted octanol–water partition coefficient (Wildman–Crippen LogP) is 4.46. The molecule has 33 heavy (non-hydrogen) atoms. The van der Waals surface area contributed by atoms with Gasteiger partial charge in [0.2, 0.25) is 5.91 Å². The number of hydrogen-bond donors (Lipinski definition) is 2. The summed E-state index contributed by atoms with van der Waals surface area (Å²) in [4.78, 5) is 27.7. The summed E-state index contributed by atoms with van der Waals surface area (Å²) >= 11 is 0. The monoisotopic (exact) mass is 445 g/mol. The van der Waals surface area contributed by atoms with Gasteiger partial charge in [0.05, 0.1) is 5.92 Å². The molecule has 3 amide bonds. The standard InChI is InChI=1S/C27H28FN3O2/c28-25-14-8-7-13-22(25)17-29-26(32)24-15-23(21-11-5-2-6-12-21)18-31(19-24)27(33)30-16-20-9-3-1-4-10-20/h1-14,23-24H,15-19H2,(H,29,32)(H,30,33)/t23-,24-/m0/s1. The molecule has 0 spiro atoms. The molecule has 2 N–H and O–H groups in total. The summed E-state index contributed by atoms with van der Waals surface area (Å²) < 4.78 is 13.9. The van der Waals surface area contributed by atoms with Crippen molar-refractivity contribution in [1.82, 2.24) is 15.5 Å². The second kappa shape index (κ2) is 10.8. The normalized spacial score (nSPS) is 17.9. The third-order valence-corrected chi connectivity index (χ3v) is 6.08. The topological polar surface area (TPSA) is 61.4 Å². The van der Waals surface area contributed by atoms with Gasteiger partial charge in [0.15, 0.2) is 0 Å². The summed E-state index contributed by atoms with van der Waals surface area (Å²) in [5.41, 5.74) is 2.56. The van der Waals surface area contributed by atoms with Crippen molar-refractivity contribution in [3.05, 3.63) is 107 Å². The number of carbonyl (C=O) groups excluding carboxylic acids is 2. The molecule has 0 radical (unpaired) electrons. The van der Waals surface area contributed by atoms with Crippen LogP contribution >= 0.6 is 0 Å². The first-order chi connectivity index (χ1) is 16.1. The number of amides is 3. The zero-order valence-corrected chi connectivity index (χ0v) is 18.4. The van der Waals surface area contributed by atoms with Crippen LogP contribution in [-0.2, 0) is 17.9 Å². The lowest BCUT2D eigenvalue weighted by atomic mass is 9.84. The molecule has 0 aromatic heterocycles. The molecular formula is C27H28FN3O2. The molecule has 0 unspecified atom stereocenters. The molecule has 0 bridgehead atoms. The Kier molecular flexibility index (Phi) is 7.35. The Bertz CT molecular complexity index is 1070. The Labute approximate surface area is 193 Å². The van der Waals surface area contributed by atoms with E-state index in [4.69, 9.17) is 0 Å². The Morgan fingerprint density at radius 3 is 2.21 bits per heavy atom. The van der Waals surface area contributed by atoms with E-state index in [9.17, 15) is 14.0 Å². The predicted molar refractivity (Wildman–Crippen MR) is 126 cm³/mol. The molecular weight excluding hydrogens is 417 g/mol. The molecule has 1 saturated heterocycles. The van der Waals surface area contributed by atoms with Gasteiger partial charge in [-0.1, -0.05) is 78.9 Å². The minimum Gasteiger partial charge on any atom is -0.352 e. The van der Waals surface area contributed by atoms with Crippen LogP contribution in [0.15, 0.2) is 84.9 Å². The first kappa shape index (κ1) is 22.5. The van der Waals surface area contributed by atoms with E-state index in [0.29, 0.717) is 31.6 Å². The van der Waals surface area contributed by atoms with Gasteiger partial charge in [-0.2, -0.15) is 0 Å². The number of nitrogens with zero attached hydrogens (tertiary/aromatic N) is 1. The third-order valence-electron chi connectivity index (χ3n) is 6.08. The van der Waals surface area contributed by atoms with Gasteiger partial charge in [-0.05, 0) is 23.6 Å². The lowest BCUT2D eigenvalue weighted by Crippen LogP contribution is -2.50. The van der Waals surface area contributed by atoms with E-state index in [0.717, 1.165) is 11.1 Å². The van der Waals surface area contributed by atoms with E-state index in [2.05, 4.69) is 10.6 Å². The van der Waals surface area contributed by atoms with Crippen molar-refractivity contribution in [3.63, 3.8) is 0 Å². The van der Waals surface area contributed by atoms with E-state index in [1.54, 1.807) is 23.1 Å². The number of carbonyl (C=O) groups is 2. The highest BCUT2D eigenvalue weighted by molar-refractivity contribution is 5.81. The van der Waals surface area contributed by atoms with Crippen LogP contribution in [0.3, 0.4) is 0 Å². The van der Waals surface area contributed by atoms with E-state index in [1.807, 2.05) is 60.7 Å². The maximum Gasteiger partial charge on any atom is 0.317 e. The van der Waals surface area contributed by atoms with E-state index >= 15 is 0 Å². The summed E-state index contributed by atoms with van der Waals surface area (Å²) in [5.74, 6) is -0.838. The number of likely N-dealkylation sites (tertiary alicyclic amines) is 1. The number of benzene rings is 3. The third kappa shape index (κ3) is 5.98. The summed E-state index contributed by atoms with van der Waals surface area (Å²) in [5, 5.41) is 5.83. The summed E-state index contributed by atoms with van der Waals surface area (Å²) in [6.07, 6.45) is 0.635. The van der Waals surface area contributed by atoms with Crippen molar-refractivity contribution >= 4 is 11.9 Å². The van der Waals surface area contributed by atoms with Crippen molar-refractivity contribution in [2.45, 2.75) is 25.4 Å². The Morgan fingerprint density at radius 1 is 0.818 bits per heavy atom. The Morgan fingerprint density at radius 2 is 1.48 bits per heavy atom. The van der Waals surface area contributed by atoms with Crippen LogP contribution in [0.1, 0.15) is 29.0 Å². The van der Waals surface area contributed by atoms with E-state index < -0.39 is 0 Å². The highest BCUT2D eigenvalue weighted by atomic mass is 19.1. The van der Waals surface area contributed by atoms with Crippen molar-refractivity contribution in [2.75, 3.05) is 13.1 Å². The second-order valence-corrected chi connectivity index (χ2v) is 8.40. The zero-order valence-electron chi connectivity index (χ0n) is 18.4. The number of hydrogen-bond acceptors (Lipinski definition) is 2. The maximum atomic E-state index is 13.9. The van der Waals surface area contributed by atoms with Crippen LogP contribution in [0.2, 0.25) is 0 Å². The smallest absolute Gasteiger partial charge is 0.317 e. The summed E-state index contributed by atoms with van der Waals surface area (Å²) in [6, 6.07) is 25.9. The molecule has 2 atom stereocenters. The van der Waals surface area contributed by atoms with Crippen LogP contribution in [0.5, 0.6) is 0 Å². The summed E-state index contributed by atoms with van der Waals surface area (Å²) in [7, 11) is 0. The van der Waals surface area contributed by atoms with Gasteiger partial charge < -0.3 is 15.5 Å². The van der Waals surface area contributed by atoms with Gasteiger partial charge in [0.1, 0.15) is 5.82 Å². The average Bonchev–Trinajstić information content (AvgIpc) is 2.87. The zero-order chi connectivity index (χ0) is 23.0. The van der Waals surface area contributed by atoms with Gasteiger partial charge in [-0.3, -0.25) is 4.79 Å². The number of piperidine rings is 1. The van der Waals surface area contributed by atoms with E-state index in [1.165, 1.54) is 6.07 Å². The molecule has 1 aliphatic rings. The quantitative estimate of drug-likeness (QED) is 0.589. The van der Waals surface area contributed by atoms with Gasteiger partial charge in [-0.25, -0.2) is 9.18 Å². The Hall–Kier alpha value is -3.67. The highest BCUT2D eigenvalue weighted by Crippen LogP contribution is 2.30. The number of nitrogens with one attached hydrogen (secondary N) is 2. The molecule has 3 aromatic carbocycles. The fraction of sp³-hybridized carbons (Fsp3) is 0.259. The number of halogens is 1. The van der Waals surface area contributed by atoms with Gasteiger partial charge in [0.25, 0.3) is 0 Å². The molecule has 170 valence electrons. The van der Waals surface area contributed by atoms with E-state index in [-0.39, 0.29) is 36.1 Å². The summed E-state index contributed by atoms with van der Waals surface area (Å²) in [6.45, 7) is 1.42. The highest BCUT2D eigenvalue weighted by Gasteiger charge is 2.34. The van der Waals surface area contributed by atoms with Crippen LogP contribution < -0.4 is 10.6 Å². The Balaban J connectivity index is 1.44. The maximum absolute atomic E-state index is 13.9. The number of urea groups is 1. The SMILES string of the molecule is O=C(NCc1ccccc1F)[C@H]1C[C@H](c2ccccc2)CN(C(=O)NCc2ccccc2)C1. The largest absolute Gasteiger partial charge is 0.352 e. The lowest BCUT2D eigenvalue weighted by molar-refractivity contribution is -0.126. The average molecular weight is 446 g/mol. The van der Waals surface area contributed by atoms with Crippen LogP contribution in [0.25, 0.3) is 0 Å². The minimum absolute atomic E-state index is 0.0478. The van der Waals surface area contributed by atoms with Gasteiger partial charge in [-0.15, -0.1) is 0 Å². The molecule has 3 aromatic rings. The minimum atomic E-state index is -0.377. The molecule has 0 aliphatic carbocycles. The van der Waals surface area contributed by atoms with Crippen molar-refractivity contribution in [2.24, 2.45) is 5.92 Å². The van der Waals surface area contributed by atoms with Crippen LogP contribution in [-0.4, -0.2) is 29.9 Å². The van der Waals surface area contributed by atoms with Crippen molar-refractivity contribution < 1.29 is 14.0 Å².